The maximum absolute atomic E-state index is 6.15. The van der Waals surface area contributed by atoms with E-state index in [4.69, 9.17) is 10.5 Å². The predicted molar refractivity (Wildman–Crippen MR) is 75.9 cm³/mol. The molecule has 1 atom stereocenters. The molecule has 0 bridgehead atoms. The van der Waals surface area contributed by atoms with Crippen LogP contribution in [0.15, 0.2) is 18.2 Å². The van der Waals surface area contributed by atoms with Crippen LogP contribution in [-0.4, -0.2) is 6.61 Å². The molecule has 0 amide bonds. The second-order valence-corrected chi connectivity index (χ2v) is 5.74. The van der Waals surface area contributed by atoms with Gasteiger partial charge in [0.15, 0.2) is 0 Å². The molecular formula is C16H25NO. The lowest BCUT2D eigenvalue weighted by molar-refractivity contribution is 0.297. The second-order valence-electron chi connectivity index (χ2n) is 5.74. The van der Waals surface area contributed by atoms with Crippen LogP contribution in [0, 0.1) is 5.92 Å². The molecule has 1 aromatic carbocycles. The van der Waals surface area contributed by atoms with Crippen molar-refractivity contribution in [2.45, 2.75) is 52.0 Å². The SMILES string of the molecule is CC(C)CCCOc1ccc2c(c1)C(N)CCC2. The quantitative estimate of drug-likeness (QED) is 0.802. The topological polar surface area (TPSA) is 35.2 Å². The maximum atomic E-state index is 6.15. The van der Waals surface area contributed by atoms with Crippen LogP contribution in [0.2, 0.25) is 0 Å². The van der Waals surface area contributed by atoms with Gasteiger partial charge in [0.2, 0.25) is 0 Å². The summed E-state index contributed by atoms with van der Waals surface area (Å²) in [4.78, 5) is 0. The molecule has 0 spiro atoms. The summed E-state index contributed by atoms with van der Waals surface area (Å²) in [5.74, 6) is 1.74. The van der Waals surface area contributed by atoms with Crippen molar-refractivity contribution in [2.24, 2.45) is 11.7 Å². The Kier molecular flexibility index (Phi) is 4.65. The molecule has 2 heteroatoms. The van der Waals surface area contributed by atoms with Crippen molar-refractivity contribution < 1.29 is 4.74 Å². The number of ether oxygens (including phenoxy) is 1. The summed E-state index contributed by atoms with van der Waals surface area (Å²) < 4.78 is 5.82. The van der Waals surface area contributed by atoms with E-state index in [9.17, 15) is 0 Å². The van der Waals surface area contributed by atoms with Gasteiger partial charge < -0.3 is 10.5 Å². The number of aryl methyl sites for hydroxylation is 1. The Morgan fingerprint density at radius 2 is 2.22 bits per heavy atom. The molecule has 1 aromatic rings. The van der Waals surface area contributed by atoms with Crippen LogP contribution in [0.5, 0.6) is 5.75 Å². The van der Waals surface area contributed by atoms with Gasteiger partial charge in [0.1, 0.15) is 5.75 Å². The summed E-state index contributed by atoms with van der Waals surface area (Å²) in [6.45, 7) is 5.31. The summed E-state index contributed by atoms with van der Waals surface area (Å²) in [7, 11) is 0. The molecule has 0 aromatic heterocycles. The normalized spacial score (nSPS) is 18.8. The summed E-state index contributed by atoms with van der Waals surface area (Å²) >= 11 is 0. The van der Waals surface area contributed by atoms with Crippen LogP contribution in [0.1, 0.15) is 56.7 Å². The predicted octanol–water partition coefficient (Wildman–Crippen LogP) is 3.84. The highest BCUT2D eigenvalue weighted by atomic mass is 16.5. The Labute approximate surface area is 111 Å². The molecule has 100 valence electrons. The van der Waals surface area contributed by atoms with E-state index in [1.165, 1.54) is 24.0 Å². The number of hydrogen-bond acceptors (Lipinski definition) is 2. The lowest BCUT2D eigenvalue weighted by Gasteiger charge is -2.22. The van der Waals surface area contributed by atoms with Gasteiger partial charge in [-0.05, 0) is 61.3 Å². The molecule has 0 saturated carbocycles. The van der Waals surface area contributed by atoms with Crippen molar-refractivity contribution in [3.8, 4) is 5.75 Å². The Bertz CT molecular complexity index is 387. The molecule has 0 fully saturated rings. The van der Waals surface area contributed by atoms with Crippen molar-refractivity contribution in [3.05, 3.63) is 29.3 Å². The van der Waals surface area contributed by atoms with E-state index >= 15 is 0 Å². The average molecular weight is 247 g/mol. The zero-order chi connectivity index (χ0) is 13.0. The number of benzene rings is 1. The zero-order valence-electron chi connectivity index (χ0n) is 11.6. The second kappa shape index (κ2) is 6.24. The van der Waals surface area contributed by atoms with Crippen molar-refractivity contribution in [1.29, 1.82) is 0 Å². The standard InChI is InChI=1S/C16H25NO/c1-12(2)5-4-10-18-14-9-8-13-6-3-7-16(17)15(13)11-14/h8-9,11-12,16H,3-7,10,17H2,1-2H3. The fourth-order valence-corrected chi connectivity index (χ4v) is 2.59. The molecule has 0 radical (unpaired) electrons. The highest BCUT2D eigenvalue weighted by molar-refractivity contribution is 5.39. The van der Waals surface area contributed by atoms with E-state index in [1.54, 1.807) is 0 Å². The molecule has 2 N–H and O–H groups in total. The third-order valence-corrected chi connectivity index (χ3v) is 3.67. The minimum Gasteiger partial charge on any atom is -0.494 e. The number of fused-ring (bicyclic) bond motifs is 1. The first-order chi connectivity index (χ1) is 8.66. The fourth-order valence-electron chi connectivity index (χ4n) is 2.59. The Morgan fingerprint density at radius 1 is 1.39 bits per heavy atom. The van der Waals surface area contributed by atoms with Crippen molar-refractivity contribution in [1.82, 2.24) is 0 Å². The largest absolute Gasteiger partial charge is 0.494 e. The van der Waals surface area contributed by atoms with E-state index in [2.05, 4.69) is 32.0 Å². The van der Waals surface area contributed by atoms with Gasteiger partial charge in [-0.3, -0.25) is 0 Å². The summed E-state index contributed by atoms with van der Waals surface area (Å²) in [6.07, 6.45) is 5.83. The molecule has 2 rings (SSSR count). The average Bonchev–Trinajstić information content (AvgIpc) is 2.35. The maximum Gasteiger partial charge on any atom is 0.119 e. The Balaban J connectivity index is 1.92. The Hall–Kier alpha value is -1.02. The van der Waals surface area contributed by atoms with Crippen LogP contribution in [0.3, 0.4) is 0 Å². The molecular weight excluding hydrogens is 222 g/mol. The van der Waals surface area contributed by atoms with Crippen LogP contribution >= 0.6 is 0 Å². The van der Waals surface area contributed by atoms with Crippen LogP contribution in [0.4, 0.5) is 0 Å². The van der Waals surface area contributed by atoms with Crippen LogP contribution in [-0.2, 0) is 6.42 Å². The van der Waals surface area contributed by atoms with Gasteiger partial charge >= 0.3 is 0 Å². The lowest BCUT2D eigenvalue weighted by Crippen LogP contribution is -2.17. The van der Waals surface area contributed by atoms with E-state index in [0.717, 1.165) is 37.5 Å². The first kappa shape index (κ1) is 13.4. The van der Waals surface area contributed by atoms with Gasteiger partial charge in [-0.1, -0.05) is 19.9 Å². The third kappa shape index (κ3) is 3.49. The summed E-state index contributed by atoms with van der Waals surface area (Å²) in [5, 5.41) is 0. The molecule has 18 heavy (non-hydrogen) atoms. The zero-order valence-corrected chi connectivity index (χ0v) is 11.6. The minimum atomic E-state index is 0.202. The van der Waals surface area contributed by atoms with Gasteiger partial charge in [0.25, 0.3) is 0 Å². The minimum absolute atomic E-state index is 0.202. The van der Waals surface area contributed by atoms with Gasteiger partial charge in [-0.2, -0.15) is 0 Å². The summed E-state index contributed by atoms with van der Waals surface area (Å²) in [5.41, 5.74) is 8.85. The Morgan fingerprint density at radius 3 is 3.00 bits per heavy atom. The van der Waals surface area contributed by atoms with Gasteiger partial charge in [-0.15, -0.1) is 0 Å². The highest BCUT2D eigenvalue weighted by Crippen LogP contribution is 2.30. The fraction of sp³-hybridized carbons (Fsp3) is 0.625. The van der Waals surface area contributed by atoms with E-state index in [0.29, 0.717) is 0 Å². The van der Waals surface area contributed by atoms with Gasteiger partial charge in [0, 0.05) is 6.04 Å². The number of rotatable bonds is 5. The molecule has 0 aliphatic heterocycles. The van der Waals surface area contributed by atoms with E-state index < -0.39 is 0 Å². The summed E-state index contributed by atoms with van der Waals surface area (Å²) in [6, 6.07) is 6.63. The highest BCUT2D eigenvalue weighted by Gasteiger charge is 2.17. The molecule has 0 saturated heterocycles. The molecule has 0 heterocycles. The lowest BCUT2D eigenvalue weighted by atomic mass is 9.88. The van der Waals surface area contributed by atoms with Crippen molar-refractivity contribution in [3.63, 3.8) is 0 Å². The molecule has 2 nitrogen and oxygen atoms in total. The monoisotopic (exact) mass is 247 g/mol. The van der Waals surface area contributed by atoms with Crippen molar-refractivity contribution >= 4 is 0 Å². The van der Waals surface area contributed by atoms with E-state index in [1.807, 2.05) is 0 Å². The van der Waals surface area contributed by atoms with Gasteiger partial charge in [0.05, 0.1) is 6.61 Å². The third-order valence-electron chi connectivity index (χ3n) is 3.67. The van der Waals surface area contributed by atoms with E-state index in [-0.39, 0.29) is 6.04 Å². The van der Waals surface area contributed by atoms with Gasteiger partial charge in [-0.25, -0.2) is 0 Å². The van der Waals surface area contributed by atoms with Crippen molar-refractivity contribution in [2.75, 3.05) is 6.61 Å². The molecule has 1 aliphatic carbocycles. The van der Waals surface area contributed by atoms with Crippen LogP contribution < -0.4 is 10.5 Å². The number of hydrogen-bond donors (Lipinski definition) is 1. The smallest absolute Gasteiger partial charge is 0.119 e. The molecule has 1 aliphatic rings. The molecule has 1 unspecified atom stereocenters. The first-order valence-electron chi connectivity index (χ1n) is 7.18. The van der Waals surface area contributed by atoms with Crippen LogP contribution in [0.25, 0.3) is 0 Å². The first-order valence-corrected chi connectivity index (χ1v) is 7.18. The number of nitrogens with two attached hydrogens (primary N) is 1.